The Kier molecular flexibility index (Phi) is 5.59. The van der Waals surface area contributed by atoms with E-state index in [2.05, 4.69) is 0 Å². The van der Waals surface area contributed by atoms with E-state index < -0.39 is 17.9 Å². The number of imide groups is 1. The maximum absolute atomic E-state index is 13.1. The van der Waals surface area contributed by atoms with E-state index in [4.69, 9.17) is 0 Å². The van der Waals surface area contributed by atoms with Crippen molar-refractivity contribution in [3.8, 4) is 0 Å². The van der Waals surface area contributed by atoms with Gasteiger partial charge in [-0.15, -0.1) is 0 Å². The Balaban J connectivity index is 1.43. The Morgan fingerprint density at radius 2 is 1.35 bits per heavy atom. The Bertz CT molecular complexity index is 1010. The van der Waals surface area contributed by atoms with Crippen molar-refractivity contribution in [3.05, 3.63) is 70.8 Å². The van der Waals surface area contributed by atoms with Crippen LogP contribution in [-0.2, 0) is 4.79 Å². The first kappa shape index (κ1) is 20.8. The highest BCUT2D eigenvalue weighted by atomic mass is 16.2. The third kappa shape index (κ3) is 3.83. The minimum Gasteiger partial charge on any atom is -0.339 e. The molecule has 1 fully saturated rings. The number of hydrogen-bond donors (Lipinski definition) is 0. The summed E-state index contributed by atoms with van der Waals surface area (Å²) in [5.74, 6) is -1.21. The molecule has 7 nitrogen and oxygen atoms in total. The Labute approximate surface area is 181 Å². The van der Waals surface area contributed by atoms with Gasteiger partial charge in [0, 0.05) is 31.7 Å². The number of aryl methyl sites for hydroxylation is 1. The number of fused-ring (bicyclic) bond motifs is 1. The fourth-order valence-corrected chi connectivity index (χ4v) is 4.15. The first-order valence-corrected chi connectivity index (χ1v) is 10.5. The third-order valence-corrected chi connectivity index (χ3v) is 5.96. The zero-order valence-electron chi connectivity index (χ0n) is 17.7. The molecule has 0 radical (unpaired) electrons. The van der Waals surface area contributed by atoms with Crippen LogP contribution in [0.3, 0.4) is 0 Å². The second-order valence-corrected chi connectivity index (χ2v) is 8.04. The van der Waals surface area contributed by atoms with Gasteiger partial charge >= 0.3 is 0 Å². The molecule has 0 aromatic heterocycles. The fraction of sp³-hybridized carbons (Fsp3) is 0.333. The SMILES string of the molecule is Cc1ccc(C(=O)N2CCCN(C(=O)C(C)N3C(=O)c4ccccc4C3=O)CC2)cc1. The smallest absolute Gasteiger partial charge is 0.262 e. The average Bonchev–Trinajstić information content (AvgIpc) is 2.93. The molecule has 0 spiro atoms. The predicted octanol–water partition coefficient (Wildman–Crippen LogP) is 2.35. The molecule has 4 rings (SSSR count). The van der Waals surface area contributed by atoms with Crippen molar-refractivity contribution < 1.29 is 19.2 Å². The van der Waals surface area contributed by atoms with Crippen LogP contribution in [-0.4, -0.2) is 70.5 Å². The molecule has 1 unspecified atom stereocenters. The summed E-state index contributed by atoms with van der Waals surface area (Å²) in [6.45, 7) is 5.36. The van der Waals surface area contributed by atoms with Gasteiger partial charge in [0.1, 0.15) is 6.04 Å². The quantitative estimate of drug-likeness (QED) is 0.716. The van der Waals surface area contributed by atoms with Crippen LogP contribution in [0, 0.1) is 6.92 Å². The average molecular weight is 419 g/mol. The summed E-state index contributed by atoms with van der Waals surface area (Å²) in [6, 6.07) is 13.2. The lowest BCUT2D eigenvalue weighted by Gasteiger charge is -2.28. The van der Waals surface area contributed by atoms with Crippen LogP contribution in [0.1, 0.15) is 50.0 Å². The van der Waals surface area contributed by atoms with Gasteiger partial charge in [0.25, 0.3) is 17.7 Å². The largest absolute Gasteiger partial charge is 0.339 e. The molecule has 31 heavy (non-hydrogen) atoms. The first-order valence-electron chi connectivity index (χ1n) is 10.5. The van der Waals surface area contributed by atoms with Crippen LogP contribution < -0.4 is 0 Å². The summed E-state index contributed by atoms with van der Waals surface area (Å²) >= 11 is 0. The molecule has 7 heteroatoms. The molecule has 0 N–H and O–H groups in total. The van der Waals surface area contributed by atoms with E-state index in [1.165, 1.54) is 0 Å². The summed E-state index contributed by atoms with van der Waals surface area (Å²) in [7, 11) is 0. The van der Waals surface area contributed by atoms with Gasteiger partial charge in [-0.3, -0.25) is 24.1 Å². The number of amides is 4. The molecule has 2 aliphatic heterocycles. The lowest BCUT2D eigenvalue weighted by Crippen LogP contribution is -2.50. The minimum atomic E-state index is -0.897. The van der Waals surface area contributed by atoms with Gasteiger partial charge in [0.15, 0.2) is 0 Å². The van der Waals surface area contributed by atoms with Crippen LogP contribution >= 0.6 is 0 Å². The van der Waals surface area contributed by atoms with E-state index in [9.17, 15) is 19.2 Å². The maximum Gasteiger partial charge on any atom is 0.262 e. The minimum absolute atomic E-state index is 0.0531. The molecule has 0 saturated carbocycles. The molecule has 1 saturated heterocycles. The van der Waals surface area contributed by atoms with Gasteiger partial charge in [0.05, 0.1) is 11.1 Å². The van der Waals surface area contributed by atoms with E-state index in [0.717, 1.165) is 10.5 Å². The number of carbonyl (C=O) groups is 4. The standard InChI is InChI=1S/C24H25N3O4/c1-16-8-10-18(11-9-16)22(29)26-13-5-12-25(14-15-26)21(28)17(2)27-23(30)19-6-3-4-7-20(19)24(27)31/h3-4,6-11,17H,5,12-15H2,1-2H3. The van der Waals surface area contributed by atoms with Crippen LogP contribution in [0.4, 0.5) is 0 Å². The Hall–Kier alpha value is -3.48. The van der Waals surface area contributed by atoms with Crippen LogP contribution in [0.15, 0.2) is 48.5 Å². The number of benzene rings is 2. The van der Waals surface area contributed by atoms with Crippen molar-refractivity contribution in [1.82, 2.24) is 14.7 Å². The van der Waals surface area contributed by atoms with E-state index in [1.807, 2.05) is 31.2 Å². The number of nitrogens with zero attached hydrogens (tertiary/aromatic N) is 3. The van der Waals surface area contributed by atoms with Gasteiger partial charge in [-0.05, 0) is 44.5 Å². The zero-order valence-corrected chi connectivity index (χ0v) is 17.7. The topological polar surface area (TPSA) is 78.0 Å². The lowest BCUT2D eigenvalue weighted by molar-refractivity contribution is -0.134. The molecule has 2 aromatic rings. The highest BCUT2D eigenvalue weighted by Gasteiger charge is 2.41. The van der Waals surface area contributed by atoms with Crippen molar-refractivity contribution in [2.75, 3.05) is 26.2 Å². The maximum atomic E-state index is 13.1. The highest BCUT2D eigenvalue weighted by Crippen LogP contribution is 2.25. The molecular formula is C24H25N3O4. The highest BCUT2D eigenvalue weighted by molar-refractivity contribution is 6.22. The van der Waals surface area contributed by atoms with Crippen molar-refractivity contribution in [1.29, 1.82) is 0 Å². The molecule has 160 valence electrons. The molecule has 4 amide bonds. The number of carbonyl (C=O) groups excluding carboxylic acids is 4. The number of hydrogen-bond acceptors (Lipinski definition) is 4. The van der Waals surface area contributed by atoms with Crippen LogP contribution in [0.5, 0.6) is 0 Å². The molecular weight excluding hydrogens is 394 g/mol. The molecule has 2 aliphatic rings. The summed E-state index contributed by atoms with van der Waals surface area (Å²) in [6.07, 6.45) is 0.637. The Morgan fingerprint density at radius 1 is 0.806 bits per heavy atom. The van der Waals surface area contributed by atoms with Crippen LogP contribution in [0.2, 0.25) is 0 Å². The zero-order chi connectivity index (χ0) is 22.1. The second-order valence-electron chi connectivity index (χ2n) is 8.04. The van der Waals surface area contributed by atoms with Crippen molar-refractivity contribution in [3.63, 3.8) is 0 Å². The third-order valence-electron chi connectivity index (χ3n) is 5.96. The van der Waals surface area contributed by atoms with E-state index in [0.29, 0.717) is 49.3 Å². The molecule has 2 heterocycles. The Morgan fingerprint density at radius 3 is 1.97 bits per heavy atom. The second kappa shape index (κ2) is 8.34. The predicted molar refractivity (Wildman–Crippen MR) is 115 cm³/mol. The van der Waals surface area contributed by atoms with Crippen LogP contribution in [0.25, 0.3) is 0 Å². The van der Waals surface area contributed by atoms with Gasteiger partial charge in [0.2, 0.25) is 5.91 Å². The summed E-state index contributed by atoms with van der Waals surface area (Å²) in [4.78, 5) is 55.8. The van der Waals surface area contributed by atoms with Gasteiger partial charge in [-0.2, -0.15) is 0 Å². The first-order chi connectivity index (χ1) is 14.9. The van der Waals surface area contributed by atoms with Crippen molar-refractivity contribution in [2.24, 2.45) is 0 Å². The lowest BCUT2D eigenvalue weighted by atomic mass is 10.1. The van der Waals surface area contributed by atoms with E-state index in [-0.39, 0.29) is 11.8 Å². The molecule has 2 aromatic carbocycles. The van der Waals surface area contributed by atoms with Crippen molar-refractivity contribution in [2.45, 2.75) is 26.3 Å². The molecule has 1 atom stereocenters. The summed E-state index contributed by atoms with van der Waals surface area (Å²) in [5.41, 5.74) is 2.38. The van der Waals surface area contributed by atoms with E-state index >= 15 is 0 Å². The fourth-order valence-electron chi connectivity index (χ4n) is 4.15. The molecule has 0 bridgehead atoms. The monoisotopic (exact) mass is 419 g/mol. The molecule has 0 aliphatic carbocycles. The van der Waals surface area contributed by atoms with Gasteiger partial charge < -0.3 is 9.80 Å². The van der Waals surface area contributed by atoms with E-state index in [1.54, 1.807) is 41.0 Å². The number of rotatable bonds is 3. The van der Waals surface area contributed by atoms with Gasteiger partial charge in [-0.25, -0.2) is 0 Å². The van der Waals surface area contributed by atoms with Crippen molar-refractivity contribution >= 4 is 23.6 Å². The normalized spacial score (nSPS) is 17.4. The summed E-state index contributed by atoms with van der Waals surface area (Å²) in [5, 5.41) is 0. The summed E-state index contributed by atoms with van der Waals surface area (Å²) < 4.78 is 0. The van der Waals surface area contributed by atoms with Gasteiger partial charge in [-0.1, -0.05) is 29.8 Å².